The van der Waals surface area contributed by atoms with Gasteiger partial charge in [-0.1, -0.05) is 6.07 Å². The lowest BCUT2D eigenvalue weighted by Gasteiger charge is -2.16. The maximum Gasteiger partial charge on any atom is 0.129 e. The topological polar surface area (TPSA) is 29.9 Å². The number of likely N-dealkylation sites (N-methyl/N-ethyl adjacent to an activating group) is 1. The predicted molar refractivity (Wildman–Crippen MR) is 74.4 cm³/mol. The first-order valence-electron chi connectivity index (χ1n) is 6.67. The predicted octanol–water partition coefficient (Wildman–Crippen LogP) is 2.46. The van der Waals surface area contributed by atoms with Crippen molar-refractivity contribution < 1.29 is 8.78 Å². The highest BCUT2D eigenvalue weighted by Gasteiger charge is 2.12. The standard InChI is InChI=1S/C15H19F2N3/c1-18-13(5-6-15-19-7-8-20(15)2)9-11-3-4-12(16)10-14(11)17/h3-4,7-8,10,13,18H,5-6,9H2,1-2H3. The molecule has 0 aliphatic rings. The largest absolute Gasteiger partial charge is 0.338 e. The van der Waals surface area contributed by atoms with Crippen LogP contribution in [-0.2, 0) is 19.9 Å². The average molecular weight is 279 g/mol. The zero-order valence-electron chi connectivity index (χ0n) is 11.7. The van der Waals surface area contributed by atoms with Gasteiger partial charge >= 0.3 is 0 Å². The summed E-state index contributed by atoms with van der Waals surface area (Å²) < 4.78 is 28.5. The number of aryl methyl sites for hydroxylation is 2. The van der Waals surface area contributed by atoms with Gasteiger partial charge in [-0.2, -0.15) is 0 Å². The number of hydrogen-bond donors (Lipinski definition) is 1. The molecule has 0 spiro atoms. The maximum atomic E-state index is 13.6. The van der Waals surface area contributed by atoms with Crippen molar-refractivity contribution in [1.82, 2.24) is 14.9 Å². The zero-order valence-corrected chi connectivity index (χ0v) is 11.7. The van der Waals surface area contributed by atoms with E-state index in [1.54, 1.807) is 6.20 Å². The van der Waals surface area contributed by atoms with Gasteiger partial charge in [0.15, 0.2) is 0 Å². The second kappa shape index (κ2) is 6.61. The van der Waals surface area contributed by atoms with Gasteiger partial charge in [0, 0.05) is 38.0 Å². The van der Waals surface area contributed by atoms with Crippen LogP contribution in [-0.4, -0.2) is 22.6 Å². The van der Waals surface area contributed by atoms with Gasteiger partial charge in [-0.05, 0) is 31.5 Å². The van der Waals surface area contributed by atoms with E-state index in [0.29, 0.717) is 12.0 Å². The van der Waals surface area contributed by atoms with E-state index in [-0.39, 0.29) is 6.04 Å². The quantitative estimate of drug-likeness (QED) is 0.880. The van der Waals surface area contributed by atoms with Crippen molar-refractivity contribution in [3.05, 3.63) is 53.6 Å². The van der Waals surface area contributed by atoms with Gasteiger partial charge in [-0.25, -0.2) is 13.8 Å². The van der Waals surface area contributed by atoms with E-state index in [1.807, 2.05) is 24.9 Å². The zero-order chi connectivity index (χ0) is 14.5. The molecule has 1 unspecified atom stereocenters. The van der Waals surface area contributed by atoms with Crippen molar-refractivity contribution in [3.8, 4) is 0 Å². The Morgan fingerprint density at radius 3 is 2.75 bits per heavy atom. The minimum atomic E-state index is -0.541. The number of hydrogen-bond acceptors (Lipinski definition) is 2. The van der Waals surface area contributed by atoms with Crippen molar-refractivity contribution in [2.75, 3.05) is 7.05 Å². The third-order valence-electron chi connectivity index (χ3n) is 3.53. The van der Waals surface area contributed by atoms with Crippen LogP contribution in [0.2, 0.25) is 0 Å². The summed E-state index contributed by atoms with van der Waals surface area (Å²) >= 11 is 0. The molecule has 5 heteroatoms. The van der Waals surface area contributed by atoms with E-state index in [9.17, 15) is 8.78 Å². The van der Waals surface area contributed by atoms with Crippen LogP contribution in [0.5, 0.6) is 0 Å². The Hall–Kier alpha value is -1.75. The monoisotopic (exact) mass is 279 g/mol. The molecule has 1 N–H and O–H groups in total. The normalized spacial score (nSPS) is 12.6. The minimum Gasteiger partial charge on any atom is -0.338 e. The van der Waals surface area contributed by atoms with Gasteiger partial charge < -0.3 is 9.88 Å². The SMILES string of the molecule is CNC(CCc1nccn1C)Cc1ccc(F)cc1F. The molecule has 0 saturated carbocycles. The lowest BCUT2D eigenvalue weighted by atomic mass is 10.0. The highest BCUT2D eigenvalue weighted by Crippen LogP contribution is 2.14. The third kappa shape index (κ3) is 3.63. The number of halogens is 2. The highest BCUT2D eigenvalue weighted by atomic mass is 19.1. The van der Waals surface area contributed by atoms with Crippen LogP contribution >= 0.6 is 0 Å². The van der Waals surface area contributed by atoms with E-state index in [4.69, 9.17) is 0 Å². The Morgan fingerprint density at radius 2 is 2.15 bits per heavy atom. The third-order valence-corrected chi connectivity index (χ3v) is 3.53. The molecule has 108 valence electrons. The molecule has 1 atom stereocenters. The summed E-state index contributed by atoms with van der Waals surface area (Å²) in [6.45, 7) is 0. The van der Waals surface area contributed by atoms with Gasteiger partial charge in [0.25, 0.3) is 0 Å². The van der Waals surface area contributed by atoms with Gasteiger partial charge in [0.2, 0.25) is 0 Å². The minimum absolute atomic E-state index is 0.131. The van der Waals surface area contributed by atoms with E-state index in [2.05, 4.69) is 10.3 Å². The fourth-order valence-electron chi connectivity index (χ4n) is 2.24. The summed E-state index contributed by atoms with van der Waals surface area (Å²) in [6, 6.07) is 3.87. The van der Waals surface area contributed by atoms with Gasteiger partial charge in [0.1, 0.15) is 17.5 Å². The number of benzene rings is 1. The number of rotatable bonds is 6. The van der Waals surface area contributed by atoms with E-state index >= 15 is 0 Å². The van der Waals surface area contributed by atoms with Crippen LogP contribution < -0.4 is 5.32 Å². The first kappa shape index (κ1) is 14.7. The van der Waals surface area contributed by atoms with Crippen molar-refractivity contribution in [2.24, 2.45) is 7.05 Å². The van der Waals surface area contributed by atoms with Crippen LogP contribution in [0, 0.1) is 11.6 Å². The molecule has 0 fully saturated rings. The Kier molecular flexibility index (Phi) is 4.84. The second-order valence-corrected chi connectivity index (χ2v) is 4.92. The summed E-state index contributed by atoms with van der Waals surface area (Å²) in [5, 5.41) is 3.18. The van der Waals surface area contributed by atoms with Crippen molar-refractivity contribution in [2.45, 2.75) is 25.3 Å². The Morgan fingerprint density at radius 1 is 1.35 bits per heavy atom. The average Bonchev–Trinajstić information content (AvgIpc) is 2.82. The van der Waals surface area contributed by atoms with E-state index < -0.39 is 11.6 Å². The lowest BCUT2D eigenvalue weighted by Crippen LogP contribution is -2.28. The summed E-state index contributed by atoms with van der Waals surface area (Å²) in [4.78, 5) is 4.27. The summed E-state index contributed by atoms with van der Waals surface area (Å²) in [5.41, 5.74) is 0.533. The summed E-state index contributed by atoms with van der Waals surface area (Å²) in [6.07, 6.45) is 5.87. The van der Waals surface area contributed by atoms with E-state index in [0.717, 1.165) is 24.7 Å². The highest BCUT2D eigenvalue weighted by molar-refractivity contribution is 5.19. The van der Waals surface area contributed by atoms with E-state index in [1.165, 1.54) is 12.1 Å². The lowest BCUT2D eigenvalue weighted by molar-refractivity contribution is 0.493. The number of aromatic nitrogens is 2. The Labute approximate surface area is 117 Å². The first-order chi connectivity index (χ1) is 9.60. The Bertz CT molecular complexity index is 566. The molecule has 0 radical (unpaired) electrons. The summed E-state index contributed by atoms with van der Waals surface area (Å²) in [5.74, 6) is -0.0210. The fourth-order valence-corrected chi connectivity index (χ4v) is 2.24. The fraction of sp³-hybridized carbons (Fsp3) is 0.400. The van der Waals surface area contributed by atoms with Crippen LogP contribution in [0.3, 0.4) is 0 Å². The molecular formula is C15H19F2N3. The van der Waals surface area contributed by atoms with Crippen LogP contribution in [0.1, 0.15) is 17.8 Å². The molecule has 0 bridgehead atoms. The van der Waals surface area contributed by atoms with Gasteiger partial charge in [-0.15, -0.1) is 0 Å². The van der Waals surface area contributed by atoms with Gasteiger partial charge in [0.05, 0.1) is 0 Å². The molecule has 20 heavy (non-hydrogen) atoms. The molecular weight excluding hydrogens is 260 g/mol. The molecule has 0 saturated heterocycles. The Balaban J connectivity index is 1.97. The number of nitrogens with one attached hydrogen (secondary N) is 1. The van der Waals surface area contributed by atoms with Crippen LogP contribution in [0.15, 0.2) is 30.6 Å². The molecule has 1 aromatic heterocycles. The molecule has 0 aliphatic heterocycles. The molecule has 0 aliphatic carbocycles. The van der Waals surface area contributed by atoms with Crippen LogP contribution in [0.25, 0.3) is 0 Å². The molecule has 0 amide bonds. The summed E-state index contributed by atoms with van der Waals surface area (Å²) in [7, 11) is 3.81. The van der Waals surface area contributed by atoms with Crippen molar-refractivity contribution in [3.63, 3.8) is 0 Å². The smallest absolute Gasteiger partial charge is 0.129 e. The molecule has 2 rings (SSSR count). The number of imidazole rings is 1. The molecule has 3 nitrogen and oxygen atoms in total. The number of nitrogens with zero attached hydrogens (tertiary/aromatic N) is 2. The maximum absolute atomic E-state index is 13.6. The van der Waals surface area contributed by atoms with Crippen LogP contribution in [0.4, 0.5) is 8.78 Å². The van der Waals surface area contributed by atoms with Crippen molar-refractivity contribution >= 4 is 0 Å². The van der Waals surface area contributed by atoms with Gasteiger partial charge in [-0.3, -0.25) is 0 Å². The van der Waals surface area contributed by atoms with Crippen molar-refractivity contribution in [1.29, 1.82) is 0 Å². The second-order valence-electron chi connectivity index (χ2n) is 4.92. The molecule has 2 aromatic rings. The first-order valence-corrected chi connectivity index (χ1v) is 6.67. The molecule has 1 heterocycles. The molecule has 1 aromatic carbocycles.